The van der Waals surface area contributed by atoms with Crippen LogP contribution in [-0.4, -0.2) is 53.9 Å². The molecule has 0 spiro atoms. The van der Waals surface area contributed by atoms with E-state index in [-0.39, 0.29) is 30.2 Å². The van der Waals surface area contributed by atoms with Gasteiger partial charge >= 0.3 is 12.0 Å². The van der Waals surface area contributed by atoms with Crippen LogP contribution in [0.2, 0.25) is 0 Å². The number of carbonyl (C=O) groups excluding carboxylic acids is 3. The number of allylic oxidation sites excluding steroid dienone is 1. The first-order valence-corrected chi connectivity index (χ1v) is 16.6. The molecular formula is C36H36N6O8S. The highest BCUT2D eigenvalue weighted by Crippen LogP contribution is 2.35. The molecule has 1 aliphatic heterocycles. The Hall–Kier alpha value is -6.09. The van der Waals surface area contributed by atoms with Gasteiger partial charge in [-0.2, -0.15) is 5.10 Å². The van der Waals surface area contributed by atoms with E-state index in [0.29, 0.717) is 17.0 Å². The molecule has 0 unspecified atom stereocenters. The minimum Gasteiger partial charge on any atom is -0.493 e. The normalized spacial score (nSPS) is 14.1. The van der Waals surface area contributed by atoms with Crippen LogP contribution in [0, 0.1) is 24.0 Å². The van der Waals surface area contributed by atoms with Crippen molar-refractivity contribution in [3.63, 3.8) is 0 Å². The number of nitrogens with zero attached hydrogens (tertiary/aromatic N) is 3. The lowest BCUT2D eigenvalue weighted by molar-refractivity contribution is -0.384. The number of ether oxygens (including phenoxy) is 3. The second kappa shape index (κ2) is 16.1. The summed E-state index contributed by atoms with van der Waals surface area (Å²) >= 11 is 1.51. The van der Waals surface area contributed by atoms with E-state index in [1.807, 2.05) is 44.2 Å². The average Bonchev–Trinajstić information content (AvgIpc) is 3.39. The summed E-state index contributed by atoms with van der Waals surface area (Å²) in [6.45, 7) is 7.07. The highest BCUT2D eigenvalue weighted by Gasteiger charge is 2.32. The summed E-state index contributed by atoms with van der Waals surface area (Å²) in [6, 6.07) is 20.0. The maximum atomic E-state index is 12.7. The van der Waals surface area contributed by atoms with Gasteiger partial charge in [-0.1, -0.05) is 17.8 Å². The first kappa shape index (κ1) is 36.2. The quantitative estimate of drug-likeness (QED) is 0.0661. The monoisotopic (exact) mass is 712 g/mol. The van der Waals surface area contributed by atoms with Gasteiger partial charge in [0.05, 0.1) is 36.5 Å². The number of methoxy groups -OCH3 is 1. The molecule has 0 radical (unpaired) electrons. The summed E-state index contributed by atoms with van der Waals surface area (Å²) in [7, 11) is 1.44. The molecule has 1 atom stereocenters. The number of rotatable bonds is 13. The summed E-state index contributed by atoms with van der Waals surface area (Å²) < 4.78 is 18.5. The molecule has 0 fully saturated rings. The number of aryl methyl sites for hydroxylation is 1. The van der Waals surface area contributed by atoms with Gasteiger partial charge in [-0.15, -0.1) is 0 Å². The third kappa shape index (κ3) is 8.56. The first-order valence-electron chi connectivity index (χ1n) is 15.8. The number of nitro benzene ring substituents is 1. The average molecular weight is 713 g/mol. The van der Waals surface area contributed by atoms with E-state index in [4.69, 9.17) is 14.2 Å². The molecule has 14 nitrogen and oxygen atoms in total. The lowest BCUT2D eigenvalue weighted by atomic mass is 9.95. The molecule has 3 aromatic carbocycles. The number of non-ortho nitro benzene ring substituents is 1. The van der Waals surface area contributed by atoms with Crippen molar-refractivity contribution in [2.24, 2.45) is 5.10 Å². The van der Waals surface area contributed by atoms with E-state index < -0.39 is 28.9 Å². The molecule has 0 saturated carbocycles. The van der Waals surface area contributed by atoms with E-state index in [1.165, 1.54) is 31.0 Å². The van der Waals surface area contributed by atoms with E-state index >= 15 is 0 Å². The zero-order valence-corrected chi connectivity index (χ0v) is 29.3. The molecule has 3 N–H and O–H groups in total. The summed E-state index contributed by atoms with van der Waals surface area (Å²) in [5.74, 6) is -0.485. The number of hydrogen-bond acceptors (Lipinski definition) is 10. The number of nitro groups is 1. The predicted octanol–water partition coefficient (Wildman–Crippen LogP) is 5.88. The lowest BCUT2D eigenvalue weighted by Gasteiger charge is -2.28. The maximum Gasteiger partial charge on any atom is 0.338 e. The van der Waals surface area contributed by atoms with Gasteiger partial charge in [-0.3, -0.25) is 14.9 Å². The Labute approximate surface area is 298 Å². The number of amides is 3. The number of nitrogens with one attached hydrogen (secondary N) is 3. The van der Waals surface area contributed by atoms with Crippen LogP contribution in [0.3, 0.4) is 0 Å². The van der Waals surface area contributed by atoms with Gasteiger partial charge in [0.1, 0.15) is 0 Å². The number of hydrogen-bond donors (Lipinski definition) is 3. The Kier molecular flexibility index (Phi) is 11.4. The Morgan fingerprint density at radius 1 is 1.02 bits per heavy atom. The fourth-order valence-corrected chi connectivity index (χ4v) is 6.32. The zero-order chi connectivity index (χ0) is 36.7. The van der Waals surface area contributed by atoms with Crippen molar-refractivity contribution in [3.8, 4) is 17.2 Å². The fourth-order valence-electron chi connectivity index (χ4n) is 5.51. The molecular weight excluding hydrogens is 676 g/mol. The summed E-state index contributed by atoms with van der Waals surface area (Å²) in [4.78, 5) is 49.9. The molecule has 1 aromatic heterocycles. The zero-order valence-electron chi connectivity index (χ0n) is 28.5. The van der Waals surface area contributed by atoms with Crippen molar-refractivity contribution in [1.82, 2.24) is 20.6 Å². The fraction of sp³-hybridized carbons (Fsp3) is 0.222. The van der Waals surface area contributed by atoms with Crippen LogP contribution in [0.1, 0.15) is 42.4 Å². The Morgan fingerprint density at radius 3 is 2.35 bits per heavy atom. The molecule has 0 saturated heterocycles. The van der Waals surface area contributed by atoms with Crippen LogP contribution in [0.4, 0.5) is 10.5 Å². The van der Waals surface area contributed by atoms with E-state index in [9.17, 15) is 24.5 Å². The number of benzene rings is 3. The Balaban J connectivity index is 1.19. The minimum absolute atomic E-state index is 0.0520. The van der Waals surface area contributed by atoms with Crippen LogP contribution in [0.25, 0.3) is 5.69 Å². The van der Waals surface area contributed by atoms with Crippen molar-refractivity contribution in [2.75, 3.05) is 20.3 Å². The second-order valence-electron chi connectivity index (χ2n) is 11.3. The van der Waals surface area contributed by atoms with Gasteiger partial charge in [0.15, 0.2) is 18.1 Å². The smallest absolute Gasteiger partial charge is 0.338 e. The molecule has 15 heteroatoms. The summed E-state index contributed by atoms with van der Waals surface area (Å²) in [6.07, 6.45) is 1.56. The van der Waals surface area contributed by atoms with Gasteiger partial charge in [0.25, 0.3) is 11.6 Å². The second-order valence-corrected chi connectivity index (χ2v) is 12.4. The Morgan fingerprint density at radius 2 is 1.71 bits per heavy atom. The molecule has 0 bridgehead atoms. The van der Waals surface area contributed by atoms with Crippen LogP contribution < -0.4 is 25.5 Å². The number of carbonyl (C=O) groups is 3. The number of aromatic nitrogens is 1. The van der Waals surface area contributed by atoms with Gasteiger partial charge in [-0.05, 0) is 87.9 Å². The van der Waals surface area contributed by atoms with Gasteiger partial charge < -0.3 is 29.4 Å². The van der Waals surface area contributed by atoms with E-state index in [2.05, 4.69) is 25.7 Å². The standard InChI is InChI=1S/C36H36N6O8S/c1-6-49-35(44)33-22(3)38-36(45)39-34(33)24-7-16-30(31(18-24)48-5)50-20-32(43)40-37-19-25-17-21(2)41(23(25)4)26-8-12-28(13-9-26)51-29-14-10-27(11-15-29)42(46)47/h7-19,34H,6,20H2,1-5H3,(H,40,43)(H2,38,39,45)/b37-19-/t34-/m0/s1. The van der Waals surface area contributed by atoms with Crippen LogP contribution in [-0.2, 0) is 14.3 Å². The van der Waals surface area contributed by atoms with Crippen LogP contribution >= 0.6 is 11.8 Å². The Bertz CT molecular complexity index is 2020. The van der Waals surface area contributed by atoms with Crippen molar-refractivity contribution < 1.29 is 33.5 Å². The van der Waals surface area contributed by atoms with Crippen molar-refractivity contribution in [2.45, 2.75) is 43.5 Å². The predicted molar refractivity (Wildman–Crippen MR) is 190 cm³/mol. The number of esters is 1. The molecule has 264 valence electrons. The van der Waals surface area contributed by atoms with Gasteiger partial charge in [-0.25, -0.2) is 15.0 Å². The molecule has 3 amide bonds. The topological polar surface area (TPSA) is 175 Å². The molecule has 2 heterocycles. The summed E-state index contributed by atoms with van der Waals surface area (Å²) in [5, 5.41) is 20.4. The molecule has 0 aliphatic carbocycles. The highest BCUT2D eigenvalue weighted by molar-refractivity contribution is 7.99. The third-order valence-corrected chi connectivity index (χ3v) is 8.90. The van der Waals surface area contributed by atoms with E-state index in [0.717, 1.165) is 32.4 Å². The van der Waals surface area contributed by atoms with Crippen LogP contribution in [0.5, 0.6) is 11.5 Å². The molecule has 5 rings (SSSR count). The van der Waals surface area contributed by atoms with Gasteiger partial charge in [0.2, 0.25) is 0 Å². The molecule has 4 aromatic rings. The minimum atomic E-state index is -0.784. The third-order valence-electron chi connectivity index (χ3n) is 7.89. The number of hydrazone groups is 1. The van der Waals surface area contributed by atoms with Crippen molar-refractivity contribution in [1.29, 1.82) is 0 Å². The van der Waals surface area contributed by atoms with E-state index in [1.54, 1.807) is 50.4 Å². The lowest BCUT2D eigenvalue weighted by Crippen LogP contribution is -2.45. The highest BCUT2D eigenvalue weighted by atomic mass is 32.2. The largest absolute Gasteiger partial charge is 0.493 e. The van der Waals surface area contributed by atoms with Gasteiger partial charge in [0, 0.05) is 50.3 Å². The maximum absolute atomic E-state index is 12.7. The molecule has 1 aliphatic rings. The van der Waals surface area contributed by atoms with Crippen molar-refractivity contribution in [3.05, 3.63) is 117 Å². The SMILES string of the molecule is CCOC(=O)C1=C(C)NC(=O)N[C@H]1c1ccc(OCC(=O)N/N=C\c2cc(C)n(-c3ccc(Sc4ccc([N+](=O)[O-])cc4)cc3)c2C)c(OC)c1. The summed E-state index contributed by atoms with van der Waals surface area (Å²) in [5.41, 5.74) is 7.38. The number of urea groups is 1. The van der Waals surface area contributed by atoms with Crippen molar-refractivity contribution >= 4 is 41.6 Å². The molecule has 51 heavy (non-hydrogen) atoms. The van der Waals surface area contributed by atoms with Crippen LogP contribution in [0.15, 0.2) is 99.0 Å². The first-order chi connectivity index (χ1) is 24.5.